The van der Waals surface area contributed by atoms with Gasteiger partial charge >= 0.3 is 0 Å². The zero-order chi connectivity index (χ0) is 13.1. The Balaban J connectivity index is 1.95. The topological polar surface area (TPSA) is 15.3 Å². The molecule has 1 unspecified atom stereocenters. The first-order valence-corrected chi connectivity index (χ1v) is 6.87. The molecule has 0 aliphatic carbocycles. The van der Waals surface area contributed by atoms with Crippen LogP contribution in [0.4, 0.5) is 10.1 Å². The van der Waals surface area contributed by atoms with Crippen LogP contribution in [0.15, 0.2) is 18.2 Å². The molecule has 18 heavy (non-hydrogen) atoms. The van der Waals surface area contributed by atoms with Crippen LogP contribution in [0.2, 0.25) is 5.02 Å². The van der Waals surface area contributed by atoms with E-state index >= 15 is 0 Å². The average Bonchev–Trinajstić information content (AvgIpc) is 2.75. The highest BCUT2D eigenvalue weighted by Crippen LogP contribution is 2.27. The molecule has 1 aromatic rings. The summed E-state index contributed by atoms with van der Waals surface area (Å²) in [7, 11) is 0. The van der Waals surface area contributed by atoms with Crippen molar-refractivity contribution in [3.63, 3.8) is 0 Å². The molecule has 100 valence electrons. The first-order valence-electron chi connectivity index (χ1n) is 6.49. The summed E-state index contributed by atoms with van der Waals surface area (Å²) in [5.74, 6) is 0.377. The summed E-state index contributed by atoms with van der Waals surface area (Å²) >= 11 is 5.77. The number of rotatable bonds is 4. The Morgan fingerprint density at radius 3 is 2.94 bits per heavy atom. The van der Waals surface area contributed by atoms with Gasteiger partial charge in [-0.15, -0.1) is 0 Å². The molecule has 1 aliphatic heterocycles. The van der Waals surface area contributed by atoms with Gasteiger partial charge in [-0.05, 0) is 37.1 Å². The van der Waals surface area contributed by atoms with Crippen molar-refractivity contribution >= 4 is 17.3 Å². The van der Waals surface area contributed by atoms with E-state index in [1.165, 1.54) is 6.07 Å². The molecule has 0 amide bonds. The largest absolute Gasteiger partial charge is 0.369 e. The van der Waals surface area contributed by atoms with Crippen LogP contribution in [0.1, 0.15) is 20.3 Å². The zero-order valence-corrected chi connectivity index (χ0v) is 11.7. The van der Waals surface area contributed by atoms with E-state index in [2.05, 4.69) is 24.1 Å². The van der Waals surface area contributed by atoms with E-state index in [-0.39, 0.29) is 5.82 Å². The summed E-state index contributed by atoms with van der Waals surface area (Å²) in [5.41, 5.74) is 0.673. The lowest BCUT2D eigenvalue weighted by Crippen LogP contribution is -2.30. The quantitative estimate of drug-likeness (QED) is 0.903. The summed E-state index contributed by atoms with van der Waals surface area (Å²) < 4.78 is 13.8. The molecule has 0 bridgehead atoms. The molecule has 4 heteroatoms. The molecular weight excluding hydrogens is 251 g/mol. The zero-order valence-electron chi connectivity index (χ0n) is 10.9. The highest BCUT2D eigenvalue weighted by molar-refractivity contribution is 6.30. The van der Waals surface area contributed by atoms with Gasteiger partial charge in [0.1, 0.15) is 5.82 Å². The second-order valence-corrected chi connectivity index (χ2v) is 5.70. The van der Waals surface area contributed by atoms with E-state index in [4.69, 9.17) is 11.6 Å². The summed E-state index contributed by atoms with van der Waals surface area (Å²) in [6, 6.07) is 5.41. The maximum Gasteiger partial charge on any atom is 0.147 e. The molecule has 1 aromatic carbocycles. The molecule has 0 radical (unpaired) electrons. The average molecular weight is 271 g/mol. The summed E-state index contributed by atoms with van der Waals surface area (Å²) in [6.07, 6.45) is 1.11. The first-order chi connectivity index (χ1) is 8.56. The Hall–Kier alpha value is -0.800. The fourth-order valence-corrected chi connectivity index (χ4v) is 2.52. The predicted octanol–water partition coefficient (Wildman–Crippen LogP) is 3.30. The second kappa shape index (κ2) is 5.89. The molecule has 2 rings (SSSR count). The van der Waals surface area contributed by atoms with Crippen molar-refractivity contribution in [3.05, 3.63) is 29.0 Å². The lowest BCUT2D eigenvalue weighted by atomic mass is 10.1. The number of benzene rings is 1. The van der Waals surface area contributed by atoms with Crippen molar-refractivity contribution in [2.45, 2.75) is 26.3 Å². The van der Waals surface area contributed by atoms with Gasteiger partial charge in [-0.25, -0.2) is 4.39 Å². The SMILES string of the molecule is CC(C)NCC1CCN(c2ccc(Cl)cc2F)C1. The minimum absolute atomic E-state index is 0.222. The van der Waals surface area contributed by atoms with E-state index in [1.807, 2.05) is 0 Å². The van der Waals surface area contributed by atoms with E-state index in [1.54, 1.807) is 12.1 Å². The number of anilines is 1. The highest BCUT2D eigenvalue weighted by atomic mass is 35.5. The van der Waals surface area contributed by atoms with Gasteiger partial charge in [0.05, 0.1) is 5.69 Å². The molecule has 1 fully saturated rings. The van der Waals surface area contributed by atoms with E-state index in [0.717, 1.165) is 26.1 Å². The first kappa shape index (κ1) is 13.6. The maximum atomic E-state index is 13.8. The third kappa shape index (κ3) is 3.36. The fourth-order valence-electron chi connectivity index (χ4n) is 2.36. The van der Waals surface area contributed by atoms with Gasteiger partial charge in [-0.2, -0.15) is 0 Å². The van der Waals surface area contributed by atoms with Crippen LogP contribution in [0, 0.1) is 11.7 Å². The van der Waals surface area contributed by atoms with E-state index < -0.39 is 0 Å². The van der Waals surface area contributed by atoms with Crippen LogP contribution < -0.4 is 10.2 Å². The van der Waals surface area contributed by atoms with Crippen molar-refractivity contribution < 1.29 is 4.39 Å². The third-order valence-electron chi connectivity index (χ3n) is 3.35. The number of hydrogen-bond acceptors (Lipinski definition) is 2. The summed E-state index contributed by atoms with van der Waals surface area (Å²) in [5, 5.41) is 3.89. The van der Waals surface area contributed by atoms with Crippen molar-refractivity contribution in [2.75, 3.05) is 24.5 Å². The smallest absolute Gasteiger partial charge is 0.147 e. The van der Waals surface area contributed by atoms with Crippen LogP contribution >= 0.6 is 11.6 Å². The molecule has 1 aliphatic rings. The van der Waals surface area contributed by atoms with Gasteiger partial charge < -0.3 is 10.2 Å². The molecule has 0 spiro atoms. The third-order valence-corrected chi connectivity index (χ3v) is 3.59. The Morgan fingerprint density at radius 1 is 1.50 bits per heavy atom. The van der Waals surface area contributed by atoms with Gasteiger partial charge in [0.2, 0.25) is 0 Å². The lowest BCUT2D eigenvalue weighted by Gasteiger charge is -2.20. The summed E-state index contributed by atoms with van der Waals surface area (Å²) in [4.78, 5) is 2.11. The Kier molecular flexibility index (Phi) is 4.46. The van der Waals surface area contributed by atoms with Crippen molar-refractivity contribution in [3.8, 4) is 0 Å². The van der Waals surface area contributed by atoms with Crippen molar-refractivity contribution in [1.29, 1.82) is 0 Å². The molecule has 1 saturated heterocycles. The molecule has 0 aromatic heterocycles. The maximum absolute atomic E-state index is 13.8. The molecule has 0 saturated carbocycles. The minimum atomic E-state index is -0.222. The predicted molar refractivity (Wildman–Crippen MR) is 74.9 cm³/mol. The van der Waals surface area contributed by atoms with Crippen LogP contribution in [-0.4, -0.2) is 25.7 Å². The molecule has 1 heterocycles. The van der Waals surface area contributed by atoms with Crippen LogP contribution in [0.3, 0.4) is 0 Å². The Labute approximate surface area is 113 Å². The number of halogens is 2. The molecular formula is C14H20ClFN2. The normalized spacial score (nSPS) is 19.8. The van der Waals surface area contributed by atoms with Gasteiger partial charge in [-0.3, -0.25) is 0 Å². The van der Waals surface area contributed by atoms with Gasteiger partial charge in [0, 0.05) is 24.2 Å². The lowest BCUT2D eigenvalue weighted by molar-refractivity contribution is 0.480. The van der Waals surface area contributed by atoms with Crippen LogP contribution in [0.25, 0.3) is 0 Å². The molecule has 1 atom stereocenters. The molecule has 1 N–H and O–H groups in total. The monoisotopic (exact) mass is 270 g/mol. The van der Waals surface area contributed by atoms with Gasteiger partial charge in [0.15, 0.2) is 0 Å². The number of nitrogens with one attached hydrogen (secondary N) is 1. The van der Waals surface area contributed by atoms with Gasteiger partial charge in [0.25, 0.3) is 0 Å². The fraction of sp³-hybridized carbons (Fsp3) is 0.571. The van der Waals surface area contributed by atoms with Gasteiger partial charge in [-0.1, -0.05) is 25.4 Å². The van der Waals surface area contributed by atoms with Crippen LogP contribution in [-0.2, 0) is 0 Å². The number of nitrogens with zero attached hydrogens (tertiary/aromatic N) is 1. The van der Waals surface area contributed by atoms with E-state index in [9.17, 15) is 4.39 Å². The van der Waals surface area contributed by atoms with Crippen molar-refractivity contribution in [1.82, 2.24) is 5.32 Å². The number of hydrogen-bond donors (Lipinski definition) is 1. The van der Waals surface area contributed by atoms with E-state index in [0.29, 0.717) is 22.7 Å². The minimum Gasteiger partial charge on any atom is -0.369 e. The van der Waals surface area contributed by atoms with Crippen molar-refractivity contribution in [2.24, 2.45) is 5.92 Å². The molecule has 2 nitrogen and oxygen atoms in total. The summed E-state index contributed by atoms with van der Waals surface area (Å²) in [6.45, 7) is 7.13. The second-order valence-electron chi connectivity index (χ2n) is 5.26. The standard InChI is InChI=1S/C14H20ClFN2/c1-10(2)17-8-11-5-6-18(9-11)14-4-3-12(15)7-13(14)16/h3-4,7,10-11,17H,5-6,8-9H2,1-2H3. The van der Waals surface area contributed by atoms with Crippen LogP contribution in [0.5, 0.6) is 0 Å². The highest BCUT2D eigenvalue weighted by Gasteiger charge is 2.24. The Morgan fingerprint density at radius 2 is 2.28 bits per heavy atom. The Bertz CT molecular complexity index is 409.